The first-order chi connectivity index (χ1) is 10.7. The molecule has 0 aliphatic carbocycles. The van der Waals surface area contributed by atoms with Gasteiger partial charge in [0.1, 0.15) is 5.60 Å². The van der Waals surface area contributed by atoms with E-state index in [1.54, 1.807) is 32.9 Å². The zero-order valence-corrected chi connectivity index (χ0v) is 15.4. The van der Waals surface area contributed by atoms with Gasteiger partial charge in [0.25, 0.3) is 0 Å². The fourth-order valence-electron chi connectivity index (χ4n) is 1.61. The summed E-state index contributed by atoms with van der Waals surface area (Å²) in [5, 5.41) is 8.80. The molecular weight excluding hydrogens is 334 g/mol. The van der Waals surface area contributed by atoms with Crippen LogP contribution in [0.1, 0.15) is 36.7 Å². The number of amides is 1. The van der Waals surface area contributed by atoms with Crippen molar-refractivity contribution in [1.82, 2.24) is 5.01 Å². The number of esters is 1. The second-order valence-electron chi connectivity index (χ2n) is 5.90. The Bertz CT molecular complexity index is 568. The maximum absolute atomic E-state index is 11.7. The number of benzene rings is 1. The molecule has 0 fully saturated rings. The highest BCUT2D eigenvalue weighted by Crippen LogP contribution is 2.10. The van der Waals surface area contributed by atoms with Gasteiger partial charge in [0.05, 0.1) is 19.2 Å². The average molecular weight is 358 g/mol. The number of halogens is 1. The summed E-state index contributed by atoms with van der Waals surface area (Å²) in [7, 11) is 2.83. The molecule has 1 rings (SSSR count). The van der Waals surface area contributed by atoms with Gasteiger partial charge < -0.3 is 9.47 Å². The highest BCUT2D eigenvalue weighted by molar-refractivity contribution is 5.89. The Kier molecular flexibility index (Phi) is 8.99. The fourth-order valence-corrected chi connectivity index (χ4v) is 1.61. The lowest BCUT2D eigenvalue weighted by molar-refractivity contribution is 0.0286. The molecule has 0 aromatic heterocycles. The van der Waals surface area contributed by atoms with Gasteiger partial charge >= 0.3 is 12.1 Å². The molecule has 0 aliphatic rings. The molecule has 1 aromatic rings. The number of carbonyl (C=O) groups excluding carboxylic acids is 2. The van der Waals surface area contributed by atoms with Gasteiger partial charge in [-0.15, -0.1) is 12.4 Å². The van der Waals surface area contributed by atoms with Crippen molar-refractivity contribution >= 4 is 24.5 Å². The van der Waals surface area contributed by atoms with Crippen LogP contribution in [0.3, 0.4) is 0 Å². The molecule has 0 aliphatic heterocycles. The van der Waals surface area contributed by atoms with Gasteiger partial charge in [0.2, 0.25) is 0 Å². The molecule has 1 aromatic carbocycles. The minimum absolute atomic E-state index is 0. The lowest BCUT2D eigenvalue weighted by Crippen LogP contribution is -2.31. The fraction of sp³-hybridized carbons (Fsp3) is 0.500. The molecule has 0 atom stereocenters. The number of hydrogen-bond acceptors (Lipinski definition) is 6. The minimum atomic E-state index is -0.567. The number of ether oxygens (including phenoxy) is 2. The maximum atomic E-state index is 11.7. The third-order valence-corrected chi connectivity index (χ3v) is 2.73. The second kappa shape index (κ2) is 9.87. The predicted molar refractivity (Wildman–Crippen MR) is 92.5 cm³/mol. The van der Waals surface area contributed by atoms with Crippen LogP contribution >= 0.6 is 12.4 Å². The van der Waals surface area contributed by atoms with Gasteiger partial charge in [-0.2, -0.15) is 10.1 Å². The van der Waals surface area contributed by atoms with Crippen LogP contribution in [0.4, 0.5) is 4.79 Å². The molecule has 0 radical (unpaired) electrons. The molecule has 0 spiro atoms. The van der Waals surface area contributed by atoms with Gasteiger partial charge in [0, 0.05) is 7.05 Å². The van der Waals surface area contributed by atoms with Crippen molar-refractivity contribution in [3.05, 3.63) is 35.4 Å². The summed E-state index contributed by atoms with van der Waals surface area (Å²) in [5.74, 6) is -0.366. The Labute approximate surface area is 148 Å². The van der Waals surface area contributed by atoms with Gasteiger partial charge in [-0.05, 0) is 44.9 Å². The number of rotatable bonds is 5. The van der Waals surface area contributed by atoms with Crippen LogP contribution in [-0.2, 0) is 15.9 Å². The molecule has 0 saturated carbocycles. The third-order valence-electron chi connectivity index (χ3n) is 2.73. The molecule has 8 heteroatoms. The van der Waals surface area contributed by atoms with Crippen LogP contribution in [0.25, 0.3) is 0 Å². The largest absolute Gasteiger partial charge is 0.465 e. The van der Waals surface area contributed by atoms with Crippen LogP contribution in [0, 0.1) is 0 Å². The van der Waals surface area contributed by atoms with E-state index in [1.165, 1.54) is 14.2 Å². The maximum Gasteiger partial charge on any atom is 0.432 e. The Balaban J connectivity index is 0.00000529. The van der Waals surface area contributed by atoms with E-state index in [4.69, 9.17) is 4.74 Å². The van der Waals surface area contributed by atoms with Crippen molar-refractivity contribution in [2.45, 2.75) is 32.8 Å². The zero-order valence-electron chi connectivity index (χ0n) is 14.6. The van der Waals surface area contributed by atoms with E-state index in [-0.39, 0.29) is 18.4 Å². The molecule has 0 saturated heterocycles. The highest BCUT2D eigenvalue weighted by atomic mass is 35.5. The van der Waals surface area contributed by atoms with E-state index in [0.29, 0.717) is 18.5 Å². The summed E-state index contributed by atoms with van der Waals surface area (Å²) in [4.78, 5) is 23.0. The molecule has 7 nitrogen and oxygen atoms in total. The first kappa shape index (κ1) is 21.9. The van der Waals surface area contributed by atoms with Gasteiger partial charge in [-0.3, -0.25) is 0 Å². The van der Waals surface area contributed by atoms with E-state index in [0.717, 1.165) is 10.6 Å². The van der Waals surface area contributed by atoms with E-state index < -0.39 is 11.7 Å². The molecule has 0 heterocycles. The summed E-state index contributed by atoms with van der Waals surface area (Å²) >= 11 is 0. The van der Waals surface area contributed by atoms with Crippen LogP contribution in [-0.4, -0.2) is 43.4 Å². The molecule has 0 unspecified atom stereocenters. The van der Waals surface area contributed by atoms with Crippen LogP contribution in [0.2, 0.25) is 0 Å². The summed E-state index contributed by atoms with van der Waals surface area (Å²) in [5.41, 5.74) is 0.946. The molecule has 24 heavy (non-hydrogen) atoms. The van der Waals surface area contributed by atoms with E-state index in [9.17, 15) is 9.59 Å². The number of hydrogen-bond donors (Lipinski definition) is 0. The summed E-state index contributed by atoms with van der Waals surface area (Å²) < 4.78 is 9.79. The Morgan fingerprint density at radius 3 is 2.25 bits per heavy atom. The van der Waals surface area contributed by atoms with Gasteiger partial charge in [-0.1, -0.05) is 17.4 Å². The summed E-state index contributed by atoms with van der Waals surface area (Å²) in [6.07, 6.45) is 0.0938. The molecule has 0 bridgehead atoms. The Morgan fingerprint density at radius 1 is 1.17 bits per heavy atom. The predicted octanol–water partition coefficient (Wildman–Crippen LogP) is 3.67. The van der Waals surface area contributed by atoms with E-state index >= 15 is 0 Å². The minimum Gasteiger partial charge on any atom is -0.465 e. The molecule has 0 N–H and O–H groups in total. The molecule has 134 valence electrons. The van der Waals surface area contributed by atoms with Crippen LogP contribution in [0.15, 0.2) is 34.6 Å². The van der Waals surface area contributed by atoms with Crippen LogP contribution < -0.4 is 0 Å². The number of carbonyl (C=O) groups is 2. The first-order valence-corrected chi connectivity index (χ1v) is 7.24. The average Bonchev–Trinajstić information content (AvgIpc) is 2.49. The second-order valence-corrected chi connectivity index (χ2v) is 5.90. The smallest absolute Gasteiger partial charge is 0.432 e. The zero-order chi connectivity index (χ0) is 17.5. The SMILES string of the molecule is COC(=O)c1ccc(CCN=NN(C)C(=O)OC(C)(C)C)cc1.Cl. The monoisotopic (exact) mass is 357 g/mol. The van der Waals surface area contributed by atoms with Gasteiger partial charge in [0.15, 0.2) is 0 Å². The van der Waals surface area contributed by atoms with Gasteiger partial charge in [-0.25, -0.2) is 9.59 Å². The highest BCUT2D eigenvalue weighted by Gasteiger charge is 2.19. The van der Waals surface area contributed by atoms with Crippen molar-refractivity contribution in [2.24, 2.45) is 10.3 Å². The van der Waals surface area contributed by atoms with Crippen molar-refractivity contribution < 1.29 is 19.1 Å². The number of nitrogens with zero attached hydrogens (tertiary/aromatic N) is 3. The molecule has 1 amide bonds. The topological polar surface area (TPSA) is 80.6 Å². The summed E-state index contributed by atoms with van der Waals surface area (Å²) in [6.45, 7) is 5.78. The first-order valence-electron chi connectivity index (χ1n) is 7.24. The van der Waals surface area contributed by atoms with Crippen molar-refractivity contribution in [2.75, 3.05) is 20.7 Å². The summed E-state index contributed by atoms with van der Waals surface area (Å²) in [6, 6.07) is 7.06. The Morgan fingerprint density at radius 2 is 1.75 bits per heavy atom. The Hall–Kier alpha value is -2.15. The number of methoxy groups -OCH3 is 1. The molecular formula is C16H24ClN3O4. The van der Waals surface area contributed by atoms with Crippen molar-refractivity contribution in [3.8, 4) is 0 Å². The normalized spacial score (nSPS) is 10.9. The van der Waals surface area contributed by atoms with Crippen molar-refractivity contribution in [1.29, 1.82) is 0 Å². The lowest BCUT2D eigenvalue weighted by Gasteiger charge is -2.21. The third kappa shape index (κ3) is 7.92. The quantitative estimate of drug-likeness (QED) is 0.457. The van der Waals surface area contributed by atoms with Crippen LogP contribution in [0.5, 0.6) is 0 Å². The van der Waals surface area contributed by atoms with E-state index in [1.807, 2.05) is 12.1 Å². The standard InChI is InChI=1S/C16H23N3O4.ClH/c1-16(2,3)23-15(21)19(4)18-17-11-10-12-6-8-13(9-7-12)14(20)22-5;/h6-9H,10-11H2,1-5H3;1H. The lowest BCUT2D eigenvalue weighted by atomic mass is 10.1. The van der Waals surface area contributed by atoms with E-state index in [2.05, 4.69) is 15.1 Å². The van der Waals surface area contributed by atoms with Crippen molar-refractivity contribution in [3.63, 3.8) is 0 Å².